The predicted molar refractivity (Wildman–Crippen MR) is 96.8 cm³/mol. The summed E-state index contributed by atoms with van der Waals surface area (Å²) in [5, 5.41) is 4.43. The first-order chi connectivity index (χ1) is 13.1. The largest absolute Gasteiger partial charge is 0.463 e. The lowest BCUT2D eigenvalue weighted by Gasteiger charge is -2.32. The Labute approximate surface area is 154 Å². The van der Waals surface area contributed by atoms with E-state index >= 15 is 0 Å². The first-order valence-corrected chi connectivity index (χ1v) is 8.81. The van der Waals surface area contributed by atoms with E-state index in [0.29, 0.717) is 37.4 Å². The van der Waals surface area contributed by atoms with Gasteiger partial charge in [-0.25, -0.2) is 9.07 Å². The van der Waals surface area contributed by atoms with Crippen molar-refractivity contribution in [3.05, 3.63) is 76.5 Å². The minimum absolute atomic E-state index is 0.0751. The molecular formula is C20H18FN3O3. The minimum atomic E-state index is -0.520. The van der Waals surface area contributed by atoms with Gasteiger partial charge in [0.05, 0.1) is 17.9 Å². The topological polar surface area (TPSA) is 68.3 Å². The van der Waals surface area contributed by atoms with Crippen LogP contribution in [0.5, 0.6) is 0 Å². The number of benzene rings is 1. The molecule has 1 aliphatic heterocycles. The maximum Gasteiger partial charge on any atom is 0.267 e. The van der Waals surface area contributed by atoms with E-state index in [4.69, 9.17) is 4.42 Å². The fraction of sp³-hybridized carbons (Fsp3) is 0.250. The van der Waals surface area contributed by atoms with E-state index in [2.05, 4.69) is 5.10 Å². The molecule has 3 heterocycles. The zero-order valence-electron chi connectivity index (χ0n) is 14.5. The standard InChI is InChI=1S/C20H18FN3O3/c21-16-5-2-1-4-15(16)20(26)23-11-9-14(10-12-23)24-19(25)8-7-17(22-24)18-6-3-13-27-18/h1-8,13-14H,9-12H2. The summed E-state index contributed by atoms with van der Waals surface area (Å²) in [6.45, 7) is 0.883. The molecule has 0 spiro atoms. The Bertz CT molecular complexity index is 1010. The Morgan fingerprint density at radius 3 is 2.56 bits per heavy atom. The normalized spacial score (nSPS) is 15.1. The number of halogens is 1. The number of carbonyl (C=O) groups excluding carboxylic acids is 1. The molecular weight excluding hydrogens is 349 g/mol. The average Bonchev–Trinajstić information content (AvgIpc) is 3.23. The number of likely N-dealkylation sites (tertiary alicyclic amines) is 1. The second-order valence-corrected chi connectivity index (χ2v) is 6.48. The highest BCUT2D eigenvalue weighted by atomic mass is 19.1. The average molecular weight is 367 g/mol. The summed E-state index contributed by atoms with van der Waals surface area (Å²) < 4.78 is 20.7. The Morgan fingerprint density at radius 2 is 1.85 bits per heavy atom. The highest BCUT2D eigenvalue weighted by Gasteiger charge is 2.27. The number of hydrogen-bond donors (Lipinski definition) is 0. The van der Waals surface area contributed by atoms with E-state index in [9.17, 15) is 14.0 Å². The van der Waals surface area contributed by atoms with Crippen molar-refractivity contribution in [2.24, 2.45) is 0 Å². The van der Waals surface area contributed by atoms with E-state index in [1.54, 1.807) is 41.5 Å². The number of carbonyl (C=O) groups is 1. The van der Waals surface area contributed by atoms with E-state index in [0.717, 1.165) is 0 Å². The maximum atomic E-state index is 13.9. The van der Waals surface area contributed by atoms with Gasteiger partial charge in [-0.3, -0.25) is 9.59 Å². The summed E-state index contributed by atoms with van der Waals surface area (Å²) in [4.78, 5) is 26.4. The molecule has 0 unspecified atom stereocenters. The molecule has 1 fully saturated rings. The predicted octanol–water partition coefficient (Wildman–Crippen LogP) is 3.12. The van der Waals surface area contributed by atoms with E-state index in [1.165, 1.54) is 22.9 Å². The second kappa shape index (κ2) is 7.19. The van der Waals surface area contributed by atoms with Gasteiger partial charge in [-0.2, -0.15) is 5.10 Å². The van der Waals surface area contributed by atoms with Gasteiger partial charge in [0.15, 0.2) is 5.76 Å². The van der Waals surface area contributed by atoms with Crippen molar-refractivity contribution in [3.8, 4) is 11.5 Å². The van der Waals surface area contributed by atoms with Crippen molar-refractivity contribution in [1.82, 2.24) is 14.7 Å². The molecule has 1 aromatic carbocycles. The summed E-state index contributed by atoms with van der Waals surface area (Å²) in [6, 6.07) is 12.5. The molecule has 3 aromatic rings. The van der Waals surface area contributed by atoms with Crippen molar-refractivity contribution in [2.75, 3.05) is 13.1 Å². The first-order valence-electron chi connectivity index (χ1n) is 8.81. The van der Waals surface area contributed by atoms with Gasteiger partial charge in [0.1, 0.15) is 11.5 Å². The number of amides is 1. The van der Waals surface area contributed by atoms with Crippen LogP contribution in [0.15, 0.2) is 64.0 Å². The lowest BCUT2D eigenvalue weighted by molar-refractivity contribution is 0.0683. The molecule has 0 radical (unpaired) electrons. The molecule has 1 saturated heterocycles. The van der Waals surface area contributed by atoms with Gasteiger partial charge < -0.3 is 9.32 Å². The Balaban J connectivity index is 1.50. The summed E-state index contributed by atoms with van der Waals surface area (Å²) in [5.74, 6) is -0.249. The number of piperidine rings is 1. The van der Waals surface area contributed by atoms with Gasteiger partial charge in [0.2, 0.25) is 0 Å². The molecule has 1 amide bonds. The fourth-order valence-electron chi connectivity index (χ4n) is 3.36. The maximum absolute atomic E-state index is 13.9. The quantitative estimate of drug-likeness (QED) is 0.713. The number of aromatic nitrogens is 2. The van der Waals surface area contributed by atoms with Gasteiger partial charge in [-0.1, -0.05) is 12.1 Å². The highest BCUT2D eigenvalue weighted by molar-refractivity contribution is 5.94. The number of rotatable bonds is 3. The third kappa shape index (κ3) is 3.40. The molecule has 6 nitrogen and oxygen atoms in total. The lowest BCUT2D eigenvalue weighted by Crippen LogP contribution is -2.41. The first kappa shape index (κ1) is 17.2. The molecule has 138 valence electrons. The van der Waals surface area contributed by atoms with Crippen LogP contribution in [0, 0.1) is 5.82 Å². The van der Waals surface area contributed by atoms with Crippen molar-refractivity contribution in [3.63, 3.8) is 0 Å². The number of hydrogen-bond acceptors (Lipinski definition) is 4. The van der Waals surface area contributed by atoms with Crippen LogP contribution in [0.25, 0.3) is 11.5 Å². The molecule has 7 heteroatoms. The summed E-state index contributed by atoms with van der Waals surface area (Å²) in [6.07, 6.45) is 2.71. The van der Waals surface area contributed by atoms with Crippen molar-refractivity contribution in [1.29, 1.82) is 0 Å². The number of furan rings is 1. The van der Waals surface area contributed by atoms with Gasteiger partial charge in [-0.15, -0.1) is 0 Å². The Kier molecular flexibility index (Phi) is 4.58. The van der Waals surface area contributed by atoms with E-state index in [-0.39, 0.29) is 23.1 Å². The summed E-state index contributed by atoms with van der Waals surface area (Å²) >= 11 is 0. The monoisotopic (exact) mass is 367 g/mol. The molecule has 0 bridgehead atoms. The van der Waals surface area contributed by atoms with Crippen molar-refractivity contribution in [2.45, 2.75) is 18.9 Å². The van der Waals surface area contributed by atoms with Crippen LogP contribution in [-0.4, -0.2) is 33.7 Å². The number of nitrogens with zero attached hydrogens (tertiary/aromatic N) is 3. The van der Waals surface area contributed by atoms with Gasteiger partial charge in [0, 0.05) is 19.2 Å². The van der Waals surface area contributed by atoms with E-state index < -0.39 is 5.82 Å². The fourth-order valence-corrected chi connectivity index (χ4v) is 3.36. The van der Waals surface area contributed by atoms with Gasteiger partial charge in [0.25, 0.3) is 11.5 Å². The molecule has 0 saturated carbocycles. The molecule has 27 heavy (non-hydrogen) atoms. The van der Waals surface area contributed by atoms with E-state index in [1.807, 2.05) is 0 Å². The Hall–Kier alpha value is -3.22. The SMILES string of the molecule is O=C(c1ccccc1F)N1CCC(n2nc(-c3ccco3)ccc2=O)CC1. The second-order valence-electron chi connectivity index (χ2n) is 6.48. The molecule has 4 rings (SSSR count). The molecule has 2 aromatic heterocycles. The van der Waals surface area contributed by atoms with Crippen LogP contribution in [-0.2, 0) is 0 Å². The Morgan fingerprint density at radius 1 is 1.07 bits per heavy atom. The highest BCUT2D eigenvalue weighted by Crippen LogP contribution is 2.24. The van der Waals surface area contributed by atoms with Gasteiger partial charge >= 0.3 is 0 Å². The van der Waals surface area contributed by atoms with Crippen LogP contribution in [0.2, 0.25) is 0 Å². The molecule has 0 aliphatic carbocycles. The molecule has 1 aliphatic rings. The zero-order chi connectivity index (χ0) is 18.8. The smallest absolute Gasteiger partial charge is 0.267 e. The van der Waals surface area contributed by atoms with Crippen molar-refractivity contribution >= 4 is 5.91 Å². The molecule has 0 atom stereocenters. The van der Waals surface area contributed by atoms with Crippen LogP contribution in [0.3, 0.4) is 0 Å². The third-order valence-electron chi connectivity index (χ3n) is 4.80. The van der Waals surface area contributed by atoms with Gasteiger partial charge in [-0.05, 0) is 43.2 Å². The van der Waals surface area contributed by atoms with Crippen LogP contribution < -0.4 is 5.56 Å². The lowest BCUT2D eigenvalue weighted by atomic mass is 10.0. The third-order valence-corrected chi connectivity index (χ3v) is 4.80. The summed E-state index contributed by atoms with van der Waals surface area (Å²) in [5.41, 5.74) is 0.472. The van der Waals surface area contributed by atoms with Crippen LogP contribution in [0.4, 0.5) is 4.39 Å². The van der Waals surface area contributed by atoms with Crippen LogP contribution >= 0.6 is 0 Å². The van der Waals surface area contributed by atoms with Crippen molar-refractivity contribution < 1.29 is 13.6 Å². The summed E-state index contributed by atoms with van der Waals surface area (Å²) in [7, 11) is 0. The minimum Gasteiger partial charge on any atom is -0.463 e. The zero-order valence-corrected chi connectivity index (χ0v) is 14.5. The van der Waals surface area contributed by atoms with Crippen LogP contribution in [0.1, 0.15) is 29.2 Å². The molecule has 0 N–H and O–H groups in total.